The van der Waals surface area contributed by atoms with Crippen LogP contribution in [0, 0.1) is 30.6 Å². The number of aryl methyl sites for hydroxylation is 1. The van der Waals surface area contributed by atoms with Crippen LogP contribution in [-0.4, -0.2) is 66.1 Å². The zero-order chi connectivity index (χ0) is 34.8. The molecule has 12 nitrogen and oxygen atoms in total. The van der Waals surface area contributed by atoms with Crippen LogP contribution in [0.1, 0.15) is 35.4 Å². The average Bonchev–Trinajstić information content (AvgIpc) is 3.49. The number of anilines is 1. The van der Waals surface area contributed by atoms with Gasteiger partial charge in [0.1, 0.15) is 17.2 Å². The summed E-state index contributed by atoms with van der Waals surface area (Å²) in [5, 5.41) is 12.8. The van der Waals surface area contributed by atoms with Gasteiger partial charge in [-0.15, -0.1) is 0 Å². The van der Waals surface area contributed by atoms with Crippen LogP contribution in [0.25, 0.3) is 0 Å². The second-order valence-corrected chi connectivity index (χ2v) is 12.8. The zero-order valence-electron chi connectivity index (χ0n) is 27.3. The van der Waals surface area contributed by atoms with Gasteiger partial charge >= 0.3 is 6.09 Å². The molecule has 0 spiro atoms. The third kappa shape index (κ3) is 4.53. The van der Waals surface area contributed by atoms with E-state index in [1.165, 1.54) is 20.3 Å². The minimum atomic E-state index is -1.63. The number of carbonyl (C=O) groups is 5. The Hall–Kier alpha value is -5.65. The van der Waals surface area contributed by atoms with Gasteiger partial charge in [0.25, 0.3) is 11.8 Å². The normalized spacial score (nSPS) is 27.3. The summed E-state index contributed by atoms with van der Waals surface area (Å²) in [4.78, 5) is 70.6. The van der Waals surface area contributed by atoms with Crippen LogP contribution in [0.5, 0.6) is 17.2 Å². The Morgan fingerprint density at radius 3 is 2.27 bits per heavy atom. The Morgan fingerprint density at radius 2 is 1.61 bits per heavy atom. The van der Waals surface area contributed by atoms with Crippen molar-refractivity contribution in [1.82, 2.24) is 9.91 Å². The van der Waals surface area contributed by atoms with E-state index in [9.17, 15) is 24.3 Å². The predicted octanol–water partition coefficient (Wildman–Crippen LogP) is 4.47. The van der Waals surface area contributed by atoms with E-state index in [-0.39, 0.29) is 29.9 Å². The number of phenolic OH excluding ortho intramolecular Hbond substituents is 1. The van der Waals surface area contributed by atoms with Gasteiger partial charge in [-0.1, -0.05) is 59.7 Å². The van der Waals surface area contributed by atoms with E-state index in [0.717, 1.165) is 17.7 Å². The summed E-state index contributed by atoms with van der Waals surface area (Å²) in [6.07, 6.45) is 0.850. The van der Waals surface area contributed by atoms with Crippen molar-refractivity contribution < 1.29 is 43.3 Å². The fraction of sp³-hybridized carbons (Fsp3) is 0.324. The number of benzene rings is 3. The van der Waals surface area contributed by atoms with Crippen LogP contribution in [-0.2, 0) is 29.3 Å². The number of nitrogens with zero attached hydrogens (tertiary/aromatic N) is 2. The minimum Gasteiger partial charge on any atom is -0.507 e. The third-order valence-corrected chi connectivity index (χ3v) is 10.6. The van der Waals surface area contributed by atoms with Crippen molar-refractivity contribution in [2.75, 3.05) is 26.8 Å². The molecular weight excluding hydrogens is 630 g/mol. The lowest BCUT2D eigenvalue weighted by atomic mass is 9.49. The lowest BCUT2D eigenvalue weighted by molar-refractivity contribution is -0.140. The maximum Gasteiger partial charge on any atom is 0.423 e. The number of phenols is 1. The quantitative estimate of drug-likeness (QED) is 0.285. The van der Waals surface area contributed by atoms with Gasteiger partial charge in [0.15, 0.2) is 0 Å². The summed E-state index contributed by atoms with van der Waals surface area (Å²) in [5.74, 6) is -6.95. The number of nitrogens with one attached hydrogen (secondary N) is 1. The monoisotopic (exact) mass is 665 g/mol. The average molecular weight is 666 g/mol. The van der Waals surface area contributed by atoms with Crippen molar-refractivity contribution in [1.29, 1.82) is 0 Å². The Morgan fingerprint density at radius 1 is 0.898 bits per heavy atom. The summed E-state index contributed by atoms with van der Waals surface area (Å²) in [7, 11) is 3.96. The molecular formula is C37H35N3O9. The molecule has 3 aromatic rings. The lowest BCUT2D eigenvalue weighted by Crippen LogP contribution is -2.53. The number of hydrogen-bond acceptors (Lipinski definition) is 10. The van der Waals surface area contributed by atoms with E-state index in [1.807, 2.05) is 25.1 Å². The van der Waals surface area contributed by atoms with E-state index >= 15 is 4.79 Å². The van der Waals surface area contributed by atoms with Crippen LogP contribution in [0.2, 0.25) is 0 Å². The number of methoxy groups -OCH3 is 3. The Kier molecular flexibility index (Phi) is 7.69. The number of imide groups is 4. The molecule has 0 unspecified atom stereocenters. The van der Waals surface area contributed by atoms with Crippen LogP contribution in [0.4, 0.5) is 10.5 Å². The number of carbonyl (C=O) groups excluding carboxylic acids is 5. The molecule has 2 aliphatic heterocycles. The summed E-state index contributed by atoms with van der Waals surface area (Å²) in [6.45, 7) is 1.92. The minimum absolute atomic E-state index is 0.0162. The molecule has 3 aromatic carbocycles. The van der Waals surface area contributed by atoms with Crippen LogP contribution < -0.4 is 14.9 Å². The van der Waals surface area contributed by atoms with Gasteiger partial charge in [-0.3, -0.25) is 24.6 Å². The van der Waals surface area contributed by atoms with Crippen molar-refractivity contribution in [2.24, 2.45) is 23.7 Å². The van der Waals surface area contributed by atoms with Gasteiger partial charge in [-0.25, -0.2) is 4.79 Å². The molecule has 3 fully saturated rings. The molecule has 49 heavy (non-hydrogen) atoms. The van der Waals surface area contributed by atoms with Gasteiger partial charge in [0.05, 0.1) is 50.2 Å². The number of amides is 5. The van der Waals surface area contributed by atoms with E-state index in [2.05, 4.69) is 5.43 Å². The molecule has 0 radical (unpaired) electrons. The highest BCUT2D eigenvalue weighted by molar-refractivity contribution is 6.16. The molecule has 6 atom stereocenters. The molecule has 0 bridgehead atoms. The number of hydrazine groups is 1. The maximum atomic E-state index is 15.2. The largest absolute Gasteiger partial charge is 0.507 e. The zero-order valence-corrected chi connectivity index (χ0v) is 27.3. The van der Waals surface area contributed by atoms with Crippen molar-refractivity contribution in [2.45, 2.75) is 31.1 Å². The van der Waals surface area contributed by atoms with E-state index < -0.39 is 64.7 Å². The fourth-order valence-corrected chi connectivity index (χ4v) is 8.50. The molecule has 1 saturated carbocycles. The van der Waals surface area contributed by atoms with Crippen LogP contribution in [0.15, 0.2) is 78.4 Å². The molecule has 2 heterocycles. The standard InChI is InChI=1S/C37H35N3O9/c1-19-10-12-21(13-11-19)38-40-33(43)26-18-25-23(14-15-24-29(25)34(44)39(32(24)42)36(46)49-4)31(30-27(41)16-22(47-2)17-28(30)48-3)37(26,35(40)45)20-8-6-5-7-9-20/h5-14,16-17,24-26,29,31,38,41H,15,18H2,1-4H3/t24-,25+,26-,29-,31+,37+/m0/s1. The van der Waals surface area contributed by atoms with Crippen molar-refractivity contribution >= 4 is 35.4 Å². The Balaban J connectivity index is 1.49. The number of rotatable bonds is 6. The number of aromatic hydroxyl groups is 1. The van der Waals surface area contributed by atoms with Crippen LogP contribution in [0.3, 0.4) is 0 Å². The van der Waals surface area contributed by atoms with Crippen molar-refractivity contribution in [3.8, 4) is 17.2 Å². The first kappa shape index (κ1) is 31.9. The molecule has 2 saturated heterocycles. The molecule has 12 heteroatoms. The second-order valence-electron chi connectivity index (χ2n) is 12.8. The summed E-state index contributed by atoms with van der Waals surface area (Å²) in [6, 6.07) is 19.2. The van der Waals surface area contributed by atoms with Gasteiger partial charge < -0.3 is 19.3 Å². The first-order valence-electron chi connectivity index (χ1n) is 16.0. The molecule has 4 aliphatic rings. The van der Waals surface area contributed by atoms with Gasteiger partial charge in [-0.2, -0.15) is 9.91 Å². The maximum absolute atomic E-state index is 15.2. The van der Waals surface area contributed by atoms with E-state index in [1.54, 1.807) is 48.5 Å². The molecule has 5 amide bonds. The Bertz CT molecular complexity index is 1920. The predicted molar refractivity (Wildman–Crippen MR) is 174 cm³/mol. The molecule has 2 aliphatic carbocycles. The SMILES string of the molecule is COC(=O)N1C(=O)[C@H]2[C@H](CC=C3[C@H]2C[C@H]2C(=O)N(Nc4ccc(C)cc4)C(=O)[C@@]2(c2ccccc2)[C@H]3c2c(O)cc(OC)cc2OC)C1=O. The Labute approximate surface area is 282 Å². The smallest absolute Gasteiger partial charge is 0.423 e. The van der Waals surface area contributed by atoms with Crippen molar-refractivity contribution in [3.63, 3.8) is 0 Å². The first-order chi connectivity index (χ1) is 23.6. The molecule has 252 valence electrons. The number of allylic oxidation sites excluding steroid dienone is 2. The third-order valence-electron chi connectivity index (χ3n) is 10.6. The second kappa shape index (κ2) is 11.8. The molecule has 0 aromatic heterocycles. The highest BCUT2D eigenvalue weighted by Crippen LogP contribution is 2.66. The summed E-state index contributed by atoms with van der Waals surface area (Å²) >= 11 is 0. The first-order valence-corrected chi connectivity index (χ1v) is 16.0. The molecule has 2 N–H and O–H groups in total. The number of hydrogen-bond donors (Lipinski definition) is 2. The summed E-state index contributed by atoms with van der Waals surface area (Å²) in [5.41, 5.74) is 4.26. The molecule has 7 rings (SSSR count). The highest BCUT2D eigenvalue weighted by Gasteiger charge is 2.71. The number of likely N-dealkylation sites (tertiary alicyclic amines) is 1. The number of ether oxygens (including phenoxy) is 3. The van der Waals surface area contributed by atoms with Gasteiger partial charge in [0.2, 0.25) is 11.8 Å². The highest BCUT2D eigenvalue weighted by atomic mass is 16.5. The van der Waals surface area contributed by atoms with Crippen molar-refractivity contribution in [3.05, 3.63) is 95.1 Å². The fourth-order valence-electron chi connectivity index (χ4n) is 8.50. The summed E-state index contributed by atoms with van der Waals surface area (Å²) < 4.78 is 16.0. The lowest BCUT2D eigenvalue weighted by Gasteiger charge is -2.50. The van der Waals surface area contributed by atoms with E-state index in [0.29, 0.717) is 27.5 Å². The number of fused-ring (bicyclic) bond motifs is 4. The van der Waals surface area contributed by atoms with E-state index in [4.69, 9.17) is 14.2 Å². The van der Waals surface area contributed by atoms with Gasteiger partial charge in [0, 0.05) is 23.6 Å². The van der Waals surface area contributed by atoms with Gasteiger partial charge in [-0.05, 0) is 43.4 Å². The topological polar surface area (TPSA) is 152 Å². The van der Waals surface area contributed by atoms with Crippen LogP contribution >= 0.6 is 0 Å².